The molecule has 0 aliphatic heterocycles. The number of anilines is 1. The molecule has 0 aromatic heterocycles. The number of hydrogen-bond donors (Lipinski definition) is 0. The maximum atomic E-state index is 10.5. The summed E-state index contributed by atoms with van der Waals surface area (Å²) < 4.78 is 5.10. The smallest absolute Gasteiger partial charge is 0.150 e. The molecule has 0 bridgehead atoms. The summed E-state index contributed by atoms with van der Waals surface area (Å²) in [6.45, 7) is 6.02. The number of ether oxygens (including phenoxy) is 1. The van der Waals surface area contributed by atoms with Gasteiger partial charge in [-0.25, -0.2) is 0 Å². The minimum Gasteiger partial charge on any atom is -0.494 e. The molecular formula is C11H17ClN2O2. The van der Waals surface area contributed by atoms with Crippen LogP contribution in [-0.4, -0.2) is 20.2 Å². The van der Waals surface area contributed by atoms with Gasteiger partial charge >= 0.3 is 0 Å². The Labute approximate surface area is 102 Å². The molecule has 0 amide bonds. The first-order valence-corrected chi connectivity index (χ1v) is 5.03. The summed E-state index contributed by atoms with van der Waals surface area (Å²) >= 11 is 0. The van der Waals surface area contributed by atoms with Gasteiger partial charge in [0.2, 0.25) is 0 Å². The van der Waals surface area contributed by atoms with Crippen LogP contribution in [0.2, 0.25) is 0 Å². The van der Waals surface area contributed by atoms with E-state index >= 15 is 0 Å². The van der Waals surface area contributed by atoms with Gasteiger partial charge in [0, 0.05) is 24.8 Å². The average molecular weight is 245 g/mol. The summed E-state index contributed by atoms with van der Waals surface area (Å²) in [5.74, 6) is 0.523. The van der Waals surface area contributed by atoms with Crippen molar-refractivity contribution in [2.24, 2.45) is 5.18 Å². The lowest BCUT2D eigenvalue weighted by Crippen LogP contribution is -2.21. The van der Waals surface area contributed by atoms with Crippen molar-refractivity contribution in [2.75, 3.05) is 25.1 Å². The Morgan fingerprint density at radius 2 is 1.94 bits per heavy atom. The quantitative estimate of drug-likeness (QED) is 0.746. The molecule has 0 saturated heterocycles. The largest absolute Gasteiger partial charge is 0.494 e. The first kappa shape index (κ1) is 14.7. The van der Waals surface area contributed by atoms with Gasteiger partial charge in [0.15, 0.2) is 0 Å². The van der Waals surface area contributed by atoms with Gasteiger partial charge in [0.1, 0.15) is 11.4 Å². The number of halogens is 1. The van der Waals surface area contributed by atoms with E-state index in [4.69, 9.17) is 4.74 Å². The van der Waals surface area contributed by atoms with Gasteiger partial charge in [0.25, 0.3) is 0 Å². The third-order valence-electron chi connectivity index (χ3n) is 2.39. The Bertz CT molecular complexity index is 341. The van der Waals surface area contributed by atoms with Gasteiger partial charge in [-0.2, -0.15) is 0 Å². The van der Waals surface area contributed by atoms with E-state index in [2.05, 4.69) is 23.9 Å². The van der Waals surface area contributed by atoms with Gasteiger partial charge < -0.3 is 9.64 Å². The zero-order chi connectivity index (χ0) is 11.3. The number of nitrogens with zero attached hydrogens (tertiary/aromatic N) is 2. The van der Waals surface area contributed by atoms with E-state index in [0.717, 1.165) is 18.8 Å². The van der Waals surface area contributed by atoms with Crippen molar-refractivity contribution in [3.63, 3.8) is 0 Å². The van der Waals surface area contributed by atoms with Crippen LogP contribution in [0.25, 0.3) is 0 Å². The SMILES string of the molecule is CCN(CC)c1ccc(N=O)c(OC)c1.Cl. The molecule has 1 rings (SSSR count). The molecule has 1 aromatic rings. The second kappa shape index (κ2) is 7.06. The summed E-state index contributed by atoms with van der Waals surface area (Å²) in [5.41, 5.74) is 1.39. The number of nitroso groups, excluding NO2 is 1. The van der Waals surface area contributed by atoms with Crippen molar-refractivity contribution in [3.05, 3.63) is 23.1 Å². The lowest BCUT2D eigenvalue weighted by atomic mass is 10.2. The lowest BCUT2D eigenvalue weighted by Gasteiger charge is -2.21. The summed E-state index contributed by atoms with van der Waals surface area (Å²) in [7, 11) is 1.54. The molecule has 0 spiro atoms. The molecule has 0 N–H and O–H groups in total. The topological polar surface area (TPSA) is 41.9 Å². The lowest BCUT2D eigenvalue weighted by molar-refractivity contribution is 0.416. The Kier molecular flexibility index (Phi) is 6.49. The molecular weight excluding hydrogens is 228 g/mol. The molecule has 90 valence electrons. The van der Waals surface area contributed by atoms with Crippen molar-refractivity contribution in [3.8, 4) is 5.75 Å². The van der Waals surface area contributed by atoms with Crippen LogP contribution < -0.4 is 9.64 Å². The Morgan fingerprint density at radius 3 is 2.38 bits per heavy atom. The fourth-order valence-corrected chi connectivity index (χ4v) is 1.53. The van der Waals surface area contributed by atoms with Gasteiger partial charge in [-0.05, 0) is 31.2 Å². The number of benzene rings is 1. The van der Waals surface area contributed by atoms with Gasteiger partial charge in [-0.15, -0.1) is 17.3 Å². The maximum absolute atomic E-state index is 10.5. The third kappa shape index (κ3) is 3.10. The minimum atomic E-state index is 0. The van der Waals surface area contributed by atoms with Crippen LogP contribution in [0.15, 0.2) is 23.4 Å². The summed E-state index contributed by atoms with van der Waals surface area (Å²) in [4.78, 5) is 12.6. The predicted octanol–water partition coefficient (Wildman–Crippen LogP) is 3.36. The average Bonchev–Trinajstić information content (AvgIpc) is 2.30. The van der Waals surface area contributed by atoms with Crippen molar-refractivity contribution in [1.29, 1.82) is 0 Å². The highest BCUT2D eigenvalue weighted by molar-refractivity contribution is 5.85. The first-order chi connectivity index (χ1) is 7.26. The first-order valence-electron chi connectivity index (χ1n) is 5.03. The highest BCUT2D eigenvalue weighted by atomic mass is 35.5. The third-order valence-corrected chi connectivity index (χ3v) is 2.39. The van der Waals surface area contributed by atoms with Crippen LogP contribution in [0.4, 0.5) is 11.4 Å². The van der Waals surface area contributed by atoms with E-state index in [0.29, 0.717) is 11.4 Å². The number of hydrogen-bond acceptors (Lipinski definition) is 4. The van der Waals surface area contributed by atoms with E-state index < -0.39 is 0 Å². The van der Waals surface area contributed by atoms with Crippen LogP contribution in [0, 0.1) is 4.91 Å². The van der Waals surface area contributed by atoms with Gasteiger partial charge in [0.05, 0.1) is 7.11 Å². The van der Waals surface area contributed by atoms with Crippen molar-refractivity contribution in [1.82, 2.24) is 0 Å². The van der Waals surface area contributed by atoms with Crippen molar-refractivity contribution in [2.45, 2.75) is 13.8 Å². The van der Waals surface area contributed by atoms with Crippen molar-refractivity contribution >= 4 is 23.8 Å². The molecule has 0 aliphatic rings. The van der Waals surface area contributed by atoms with E-state index in [1.807, 2.05) is 12.1 Å². The van der Waals surface area contributed by atoms with Gasteiger partial charge in [-0.3, -0.25) is 0 Å². The number of methoxy groups -OCH3 is 1. The molecule has 1 aromatic carbocycles. The highest BCUT2D eigenvalue weighted by Crippen LogP contribution is 2.31. The van der Waals surface area contributed by atoms with E-state index in [1.165, 1.54) is 7.11 Å². The molecule has 0 fully saturated rings. The summed E-state index contributed by atoms with van der Waals surface area (Å²) in [5, 5.41) is 2.90. The second-order valence-corrected chi connectivity index (χ2v) is 3.12. The Balaban J connectivity index is 0.00000225. The van der Waals surface area contributed by atoms with Crippen molar-refractivity contribution < 1.29 is 4.74 Å². The van der Waals surface area contributed by atoms with Crippen LogP contribution in [0.1, 0.15) is 13.8 Å². The monoisotopic (exact) mass is 244 g/mol. The van der Waals surface area contributed by atoms with E-state index in [1.54, 1.807) is 6.07 Å². The zero-order valence-electron chi connectivity index (χ0n) is 9.77. The van der Waals surface area contributed by atoms with Crippen LogP contribution in [-0.2, 0) is 0 Å². The molecule has 0 atom stereocenters. The fraction of sp³-hybridized carbons (Fsp3) is 0.455. The summed E-state index contributed by atoms with van der Waals surface area (Å²) in [6, 6.07) is 5.40. The summed E-state index contributed by atoms with van der Waals surface area (Å²) in [6.07, 6.45) is 0. The fourth-order valence-electron chi connectivity index (χ4n) is 1.53. The Hall–Kier alpha value is -1.29. The van der Waals surface area contributed by atoms with E-state index in [-0.39, 0.29) is 12.4 Å². The Morgan fingerprint density at radius 1 is 1.31 bits per heavy atom. The number of rotatable bonds is 5. The molecule has 0 radical (unpaired) electrons. The highest BCUT2D eigenvalue weighted by Gasteiger charge is 2.07. The molecule has 0 heterocycles. The molecule has 0 aliphatic carbocycles. The molecule has 4 nitrogen and oxygen atoms in total. The second-order valence-electron chi connectivity index (χ2n) is 3.12. The molecule has 16 heavy (non-hydrogen) atoms. The van der Waals surface area contributed by atoms with Crippen LogP contribution in [0.3, 0.4) is 0 Å². The zero-order valence-corrected chi connectivity index (χ0v) is 10.6. The van der Waals surface area contributed by atoms with Crippen LogP contribution >= 0.6 is 12.4 Å². The minimum absolute atomic E-state index is 0. The maximum Gasteiger partial charge on any atom is 0.150 e. The molecule has 0 saturated carbocycles. The predicted molar refractivity (Wildman–Crippen MR) is 69.3 cm³/mol. The molecule has 5 heteroatoms. The normalized spacial score (nSPS) is 9.19. The molecule has 0 unspecified atom stereocenters. The van der Waals surface area contributed by atoms with Crippen LogP contribution in [0.5, 0.6) is 5.75 Å². The standard InChI is InChI=1S/C11H16N2O2.ClH/c1-4-13(5-2)9-6-7-10(12-14)11(8-9)15-3;/h6-8H,4-5H2,1-3H3;1H. The van der Waals surface area contributed by atoms with Gasteiger partial charge in [-0.1, -0.05) is 0 Å². The van der Waals surface area contributed by atoms with E-state index in [9.17, 15) is 4.91 Å².